The molecular weight excluding hydrogens is 216 g/mol. The van der Waals surface area contributed by atoms with Crippen molar-refractivity contribution < 1.29 is 0 Å². The Balaban J connectivity index is 1.84. The first kappa shape index (κ1) is 10.8. The van der Waals surface area contributed by atoms with Crippen LogP contribution in [0.25, 0.3) is 0 Å². The summed E-state index contributed by atoms with van der Waals surface area (Å²) < 4.78 is 0. The van der Waals surface area contributed by atoms with E-state index in [2.05, 4.69) is 31.2 Å². The van der Waals surface area contributed by atoms with Crippen LogP contribution >= 0.6 is 0 Å². The number of rotatable bonds is 1. The molecule has 0 amide bonds. The topological polar surface area (TPSA) is 0 Å². The molecular formula is C18H22. The fourth-order valence-corrected chi connectivity index (χ4v) is 4.80. The van der Waals surface area contributed by atoms with Crippen molar-refractivity contribution in [2.75, 3.05) is 0 Å². The van der Waals surface area contributed by atoms with Gasteiger partial charge in [0.25, 0.3) is 0 Å². The lowest BCUT2D eigenvalue weighted by Crippen LogP contribution is -2.35. The molecule has 0 heterocycles. The Kier molecular flexibility index (Phi) is 2.24. The minimum Gasteiger partial charge on any atom is -0.0850 e. The van der Waals surface area contributed by atoms with Crippen LogP contribution in [0.2, 0.25) is 0 Å². The summed E-state index contributed by atoms with van der Waals surface area (Å²) in [7, 11) is 0. The molecule has 1 fully saturated rings. The zero-order chi connectivity index (χ0) is 12.2. The lowest BCUT2D eigenvalue weighted by molar-refractivity contribution is 0.269. The largest absolute Gasteiger partial charge is 0.0850 e. The predicted molar refractivity (Wildman–Crippen MR) is 75.9 cm³/mol. The van der Waals surface area contributed by atoms with Crippen LogP contribution in [0, 0.1) is 5.92 Å². The minimum absolute atomic E-state index is 0.546. The smallest absolute Gasteiger partial charge is 0.00272 e. The maximum absolute atomic E-state index is 2.52. The standard InChI is InChI=1S/C18H22/c1-2-13-6-8-17-15(10-13)4-3-9-18(17)12-14-5-7-16(18)11-14/h5-6,8,10,16H,2-4,7,9,11-12H2,1H3. The van der Waals surface area contributed by atoms with Gasteiger partial charge >= 0.3 is 0 Å². The SMILES string of the molecule is CCc1ccc2c(c1)CCCC21CC2=CCC1C2. The Morgan fingerprint density at radius 1 is 1.33 bits per heavy atom. The Labute approximate surface area is 110 Å². The maximum Gasteiger partial charge on any atom is 0.00272 e. The van der Waals surface area contributed by atoms with Gasteiger partial charge in [-0.2, -0.15) is 0 Å². The molecule has 2 atom stereocenters. The number of fused-ring (bicyclic) bond motifs is 5. The zero-order valence-corrected chi connectivity index (χ0v) is 11.3. The molecule has 3 aliphatic carbocycles. The quantitative estimate of drug-likeness (QED) is 0.629. The first-order valence-electron chi connectivity index (χ1n) is 7.62. The highest BCUT2D eigenvalue weighted by atomic mass is 14.5. The number of hydrogen-bond donors (Lipinski definition) is 0. The Morgan fingerprint density at radius 3 is 3.00 bits per heavy atom. The summed E-state index contributed by atoms with van der Waals surface area (Å²) in [5, 5.41) is 0. The molecule has 3 aliphatic rings. The second kappa shape index (κ2) is 3.73. The first-order chi connectivity index (χ1) is 8.82. The highest BCUT2D eigenvalue weighted by Gasteiger charge is 2.49. The van der Waals surface area contributed by atoms with Crippen molar-refractivity contribution >= 4 is 0 Å². The Hall–Kier alpha value is -1.04. The van der Waals surface area contributed by atoms with E-state index < -0.39 is 0 Å². The second-order valence-corrected chi connectivity index (χ2v) is 6.53. The number of allylic oxidation sites excluding steroid dienone is 2. The average molecular weight is 238 g/mol. The summed E-state index contributed by atoms with van der Waals surface area (Å²) in [5.41, 5.74) is 7.22. The van der Waals surface area contributed by atoms with Gasteiger partial charge in [-0.25, -0.2) is 0 Å². The molecule has 1 spiro atoms. The van der Waals surface area contributed by atoms with Crippen molar-refractivity contribution in [2.45, 2.75) is 57.3 Å². The van der Waals surface area contributed by atoms with Crippen LogP contribution in [0.3, 0.4) is 0 Å². The van der Waals surface area contributed by atoms with Crippen molar-refractivity contribution in [3.05, 3.63) is 46.5 Å². The van der Waals surface area contributed by atoms with Gasteiger partial charge in [0.15, 0.2) is 0 Å². The van der Waals surface area contributed by atoms with E-state index in [1.807, 2.05) is 0 Å². The molecule has 4 rings (SSSR count). The van der Waals surface area contributed by atoms with Gasteiger partial charge in [0.1, 0.15) is 0 Å². The van der Waals surface area contributed by atoms with Crippen LogP contribution in [0.4, 0.5) is 0 Å². The predicted octanol–water partition coefficient (Wildman–Crippen LogP) is 4.56. The van der Waals surface area contributed by atoms with Gasteiger partial charge < -0.3 is 0 Å². The summed E-state index contributed by atoms with van der Waals surface area (Å²) in [5.74, 6) is 0.930. The third-order valence-electron chi connectivity index (χ3n) is 5.71. The zero-order valence-electron chi connectivity index (χ0n) is 11.3. The third-order valence-corrected chi connectivity index (χ3v) is 5.71. The Morgan fingerprint density at radius 2 is 2.28 bits per heavy atom. The molecule has 0 aliphatic heterocycles. The van der Waals surface area contributed by atoms with E-state index in [1.54, 1.807) is 16.7 Å². The molecule has 2 unspecified atom stereocenters. The van der Waals surface area contributed by atoms with E-state index in [9.17, 15) is 0 Å². The summed E-state index contributed by atoms with van der Waals surface area (Å²) in [6, 6.07) is 7.36. The molecule has 18 heavy (non-hydrogen) atoms. The molecule has 0 saturated heterocycles. The van der Waals surface area contributed by atoms with E-state index >= 15 is 0 Å². The van der Waals surface area contributed by atoms with Crippen LogP contribution in [0.1, 0.15) is 55.7 Å². The van der Waals surface area contributed by atoms with Gasteiger partial charge in [-0.3, -0.25) is 0 Å². The Bertz CT molecular complexity index is 523. The average Bonchev–Trinajstić information content (AvgIpc) is 2.99. The molecule has 0 nitrogen and oxygen atoms in total. The lowest BCUT2D eigenvalue weighted by atomic mass is 9.62. The maximum atomic E-state index is 2.52. The van der Waals surface area contributed by atoms with Gasteiger partial charge in [-0.1, -0.05) is 36.8 Å². The van der Waals surface area contributed by atoms with E-state index in [0.29, 0.717) is 5.41 Å². The van der Waals surface area contributed by atoms with E-state index in [-0.39, 0.29) is 0 Å². The normalized spacial score (nSPS) is 32.7. The van der Waals surface area contributed by atoms with Gasteiger partial charge in [-0.15, -0.1) is 0 Å². The van der Waals surface area contributed by atoms with Crippen LogP contribution in [0.5, 0.6) is 0 Å². The first-order valence-corrected chi connectivity index (χ1v) is 7.62. The van der Waals surface area contributed by atoms with Crippen LogP contribution in [0.15, 0.2) is 29.8 Å². The lowest BCUT2D eigenvalue weighted by Gasteiger charge is -2.41. The number of aryl methyl sites for hydroxylation is 2. The van der Waals surface area contributed by atoms with Gasteiger partial charge in [0.05, 0.1) is 0 Å². The summed E-state index contributed by atoms with van der Waals surface area (Å²) in [6.45, 7) is 2.27. The molecule has 0 N–H and O–H groups in total. The van der Waals surface area contributed by atoms with Crippen molar-refractivity contribution in [1.82, 2.24) is 0 Å². The van der Waals surface area contributed by atoms with E-state index in [4.69, 9.17) is 0 Å². The summed E-state index contributed by atoms with van der Waals surface area (Å²) in [4.78, 5) is 0. The molecule has 0 heteroatoms. The molecule has 0 aromatic heterocycles. The molecule has 0 radical (unpaired) electrons. The highest BCUT2D eigenvalue weighted by molar-refractivity contribution is 5.45. The van der Waals surface area contributed by atoms with E-state index in [0.717, 1.165) is 5.92 Å². The van der Waals surface area contributed by atoms with Crippen molar-refractivity contribution in [1.29, 1.82) is 0 Å². The number of hydrogen-bond acceptors (Lipinski definition) is 0. The monoisotopic (exact) mass is 238 g/mol. The van der Waals surface area contributed by atoms with Crippen LogP contribution < -0.4 is 0 Å². The fourth-order valence-electron chi connectivity index (χ4n) is 4.80. The van der Waals surface area contributed by atoms with Crippen molar-refractivity contribution in [2.24, 2.45) is 5.92 Å². The molecule has 1 aromatic carbocycles. The summed E-state index contributed by atoms with van der Waals surface area (Å²) >= 11 is 0. The molecule has 94 valence electrons. The van der Waals surface area contributed by atoms with Crippen molar-refractivity contribution in [3.63, 3.8) is 0 Å². The molecule has 1 saturated carbocycles. The molecule has 1 aromatic rings. The van der Waals surface area contributed by atoms with Crippen molar-refractivity contribution in [3.8, 4) is 0 Å². The van der Waals surface area contributed by atoms with Gasteiger partial charge in [0.2, 0.25) is 0 Å². The van der Waals surface area contributed by atoms with E-state index in [1.165, 1.54) is 50.5 Å². The third kappa shape index (κ3) is 1.32. The fraction of sp³-hybridized carbons (Fsp3) is 0.556. The van der Waals surface area contributed by atoms with Gasteiger partial charge in [-0.05, 0) is 67.6 Å². The molecule has 2 bridgehead atoms. The summed E-state index contributed by atoms with van der Waals surface area (Å²) in [6.07, 6.45) is 12.0. The second-order valence-electron chi connectivity index (χ2n) is 6.53. The number of benzene rings is 1. The van der Waals surface area contributed by atoms with Crippen LogP contribution in [-0.2, 0) is 18.3 Å². The van der Waals surface area contributed by atoms with Gasteiger partial charge in [0, 0.05) is 5.41 Å². The highest BCUT2D eigenvalue weighted by Crippen LogP contribution is 2.58. The minimum atomic E-state index is 0.546. The van der Waals surface area contributed by atoms with Crippen LogP contribution in [-0.4, -0.2) is 0 Å².